The van der Waals surface area contributed by atoms with E-state index >= 15 is 0 Å². The van der Waals surface area contributed by atoms with Crippen LogP contribution < -0.4 is 10.1 Å². The number of aromatic nitrogens is 3. The monoisotopic (exact) mass is 381 g/mol. The SMILES string of the molecule is CCN(CC)CCCn1nc(Nc2ccc(Cl)cc2)c(OC(=O)OC)n1. The maximum atomic E-state index is 11.4. The van der Waals surface area contributed by atoms with E-state index in [1.54, 1.807) is 24.3 Å². The molecule has 0 aliphatic carbocycles. The Kier molecular flexibility index (Phi) is 7.68. The molecule has 0 saturated heterocycles. The summed E-state index contributed by atoms with van der Waals surface area (Å²) in [5.41, 5.74) is 0.749. The van der Waals surface area contributed by atoms with Gasteiger partial charge in [-0.25, -0.2) is 4.79 Å². The van der Waals surface area contributed by atoms with E-state index in [4.69, 9.17) is 16.3 Å². The molecule has 0 bridgehead atoms. The maximum absolute atomic E-state index is 11.4. The minimum Gasteiger partial charge on any atom is -0.437 e. The first-order valence-corrected chi connectivity index (χ1v) is 8.89. The first-order valence-electron chi connectivity index (χ1n) is 8.51. The minimum atomic E-state index is -0.848. The molecule has 2 aromatic rings. The van der Waals surface area contributed by atoms with Crippen molar-refractivity contribution in [2.45, 2.75) is 26.8 Å². The van der Waals surface area contributed by atoms with Crippen molar-refractivity contribution in [3.05, 3.63) is 29.3 Å². The number of anilines is 2. The summed E-state index contributed by atoms with van der Waals surface area (Å²) in [6.45, 7) is 7.82. The van der Waals surface area contributed by atoms with Gasteiger partial charge in [0.05, 0.1) is 13.7 Å². The highest BCUT2D eigenvalue weighted by Crippen LogP contribution is 2.25. The average molecular weight is 382 g/mol. The largest absolute Gasteiger partial charge is 0.515 e. The van der Waals surface area contributed by atoms with Gasteiger partial charge in [-0.1, -0.05) is 25.4 Å². The Balaban J connectivity index is 2.09. The summed E-state index contributed by atoms with van der Waals surface area (Å²) in [5, 5.41) is 12.3. The Labute approximate surface area is 158 Å². The van der Waals surface area contributed by atoms with Crippen LogP contribution in [-0.2, 0) is 11.3 Å². The van der Waals surface area contributed by atoms with Crippen molar-refractivity contribution in [3.63, 3.8) is 0 Å². The van der Waals surface area contributed by atoms with Crippen LogP contribution in [0.15, 0.2) is 24.3 Å². The van der Waals surface area contributed by atoms with Gasteiger partial charge in [-0.15, -0.1) is 10.2 Å². The van der Waals surface area contributed by atoms with Crippen LogP contribution in [0.1, 0.15) is 20.3 Å². The molecule has 8 nitrogen and oxygen atoms in total. The second-order valence-corrected chi connectivity index (χ2v) is 5.95. The third-order valence-electron chi connectivity index (χ3n) is 3.80. The van der Waals surface area contributed by atoms with E-state index in [2.05, 4.69) is 39.0 Å². The normalized spacial score (nSPS) is 10.8. The number of halogens is 1. The number of rotatable bonds is 9. The van der Waals surface area contributed by atoms with E-state index in [-0.39, 0.29) is 5.88 Å². The van der Waals surface area contributed by atoms with Gasteiger partial charge in [0.1, 0.15) is 0 Å². The quantitative estimate of drug-likeness (QED) is 0.665. The third-order valence-corrected chi connectivity index (χ3v) is 4.06. The van der Waals surface area contributed by atoms with Crippen LogP contribution in [0.4, 0.5) is 16.3 Å². The van der Waals surface area contributed by atoms with E-state index in [0.29, 0.717) is 17.4 Å². The van der Waals surface area contributed by atoms with Crippen molar-refractivity contribution in [2.75, 3.05) is 32.1 Å². The predicted octanol–water partition coefficient (Wildman–Crippen LogP) is 3.55. The number of carbonyl (C=O) groups is 1. The van der Waals surface area contributed by atoms with E-state index in [1.807, 2.05) is 0 Å². The number of carbonyl (C=O) groups excluding carboxylic acids is 1. The summed E-state index contributed by atoms with van der Waals surface area (Å²) in [7, 11) is 1.24. The molecule has 1 aromatic heterocycles. The molecule has 1 heterocycles. The summed E-state index contributed by atoms with van der Waals surface area (Å²) >= 11 is 5.89. The minimum absolute atomic E-state index is 0.0645. The molecule has 0 aliphatic heterocycles. The third kappa shape index (κ3) is 5.89. The fourth-order valence-corrected chi connectivity index (χ4v) is 2.47. The molecule has 1 aromatic carbocycles. The molecule has 0 amide bonds. The predicted molar refractivity (Wildman–Crippen MR) is 100 cm³/mol. The molecule has 9 heteroatoms. The van der Waals surface area contributed by atoms with Gasteiger partial charge >= 0.3 is 6.16 Å². The van der Waals surface area contributed by atoms with Gasteiger partial charge in [-0.05, 0) is 50.3 Å². The van der Waals surface area contributed by atoms with Crippen LogP contribution in [-0.4, -0.2) is 52.8 Å². The lowest BCUT2D eigenvalue weighted by atomic mass is 10.3. The van der Waals surface area contributed by atoms with E-state index < -0.39 is 6.16 Å². The van der Waals surface area contributed by atoms with Crippen molar-refractivity contribution in [1.29, 1.82) is 0 Å². The van der Waals surface area contributed by atoms with Crippen molar-refractivity contribution in [2.24, 2.45) is 0 Å². The van der Waals surface area contributed by atoms with Crippen LogP contribution in [0.3, 0.4) is 0 Å². The number of ether oxygens (including phenoxy) is 2. The molecule has 0 spiro atoms. The molecule has 26 heavy (non-hydrogen) atoms. The fraction of sp³-hybridized carbons (Fsp3) is 0.471. The van der Waals surface area contributed by atoms with Gasteiger partial charge in [-0.2, -0.15) is 4.80 Å². The second kappa shape index (κ2) is 9.98. The molecule has 0 unspecified atom stereocenters. The second-order valence-electron chi connectivity index (χ2n) is 5.52. The van der Waals surface area contributed by atoms with Gasteiger partial charge in [0.15, 0.2) is 0 Å². The smallest absolute Gasteiger partial charge is 0.437 e. The van der Waals surface area contributed by atoms with Crippen LogP contribution in [0.25, 0.3) is 0 Å². The zero-order valence-electron chi connectivity index (χ0n) is 15.2. The zero-order valence-corrected chi connectivity index (χ0v) is 16.0. The Morgan fingerprint density at radius 1 is 1.23 bits per heavy atom. The summed E-state index contributed by atoms with van der Waals surface area (Å²) < 4.78 is 9.62. The van der Waals surface area contributed by atoms with E-state index in [0.717, 1.165) is 31.7 Å². The first kappa shape index (κ1) is 20.0. The Hall–Kier alpha value is -2.32. The number of methoxy groups -OCH3 is 1. The molecule has 1 N–H and O–H groups in total. The van der Waals surface area contributed by atoms with Crippen molar-refractivity contribution in [3.8, 4) is 5.88 Å². The number of nitrogens with one attached hydrogen (secondary N) is 1. The number of aryl methyl sites for hydroxylation is 1. The molecule has 2 rings (SSSR count). The topological polar surface area (TPSA) is 81.5 Å². The number of nitrogens with zero attached hydrogens (tertiary/aromatic N) is 4. The van der Waals surface area contributed by atoms with E-state index in [9.17, 15) is 4.79 Å². The highest BCUT2D eigenvalue weighted by atomic mass is 35.5. The number of benzene rings is 1. The van der Waals surface area contributed by atoms with Gasteiger partial charge in [-0.3, -0.25) is 0 Å². The van der Waals surface area contributed by atoms with Gasteiger partial charge < -0.3 is 19.7 Å². The molecule has 0 radical (unpaired) electrons. The molecular formula is C17H24ClN5O3. The van der Waals surface area contributed by atoms with Crippen molar-refractivity contribution in [1.82, 2.24) is 19.9 Å². The van der Waals surface area contributed by atoms with Crippen molar-refractivity contribution < 1.29 is 14.3 Å². The van der Waals surface area contributed by atoms with Crippen molar-refractivity contribution >= 4 is 29.3 Å². The standard InChI is InChI=1S/C17H24ClN5O3/c1-4-22(5-2)11-6-12-23-20-15(16(21-23)26-17(24)25-3)19-14-9-7-13(18)8-10-14/h7-10H,4-6,11-12H2,1-3H3,(H,19,20). The molecule has 0 saturated carbocycles. The number of hydrogen-bond acceptors (Lipinski definition) is 7. The number of hydrogen-bond donors (Lipinski definition) is 1. The molecule has 0 fully saturated rings. The van der Waals surface area contributed by atoms with E-state index in [1.165, 1.54) is 11.9 Å². The average Bonchev–Trinajstić information content (AvgIpc) is 3.01. The van der Waals surface area contributed by atoms with Gasteiger partial charge in [0, 0.05) is 10.7 Å². The molecule has 0 atom stereocenters. The van der Waals surface area contributed by atoms with Gasteiger partial charge in [0.25, 0.3) is 5.88 Å². The van der Waals surface area contributed by atoms with Crippen LogP contribution in [0.2, 0.25) is 5.02 Å². The maximum Gasteiger partial charge on any atom is 0.515 e. The summed E-state index contributed by atoms with van der Waals surface area (Å²) in [6.07, 6.45) is 0.0355. The molecule has 0 aliphatic rings. The Bertz CT molecular complexity index is 701. The van der Waals surface area contributed by atoms with Gasteiger partial charge in [0.2, 0.25) is 5.82 Å². The lowest BCUT2D eigenvalue weighted by molar-refractivity contribution is 0.119. The van der Waals surface area contributed by atoms with Crippen LogP contribution in [0, 0.1) is 0 Å². The van der Waals surface area contributed by atoms with Crippen LogP contribution in [0.5, 0.6) is 5.88 Å². The fourth-order valence-electron chi connectivity index (χ4n) is 2.35. The van der Waals surface area contributed by atoms with Crippen LogP contribution >= 0.6 is 11.6 Å². The highest BCUT2D eigenvalue weighted by Gasteiger charge is 2.17. The Morgan fingerprint density at radius 3 is 2.54 bits per heavy atom. The first-order chi connectivity index (χ1) is 12.5. The lowest BCUT2D eigenvalue weighted by Crippen LogP contribution is -2.25. The zero-order chi connectivity index (χ0) is 18.9. The molecule has 142 valence electrons. The summed E-state index contributed by atoms with van der Waals surface area (Å²) in [5.74, 6) is 0.398. The lowest BCUT2D eigenvalue weighted by Gasteiger charge is -2.17. The molecular weight excluding hydrogens is 358 g/mol. The summed E-state index contributed by atoms with van der Waals surface area (Å²) in [6, 6.07) is 7.09. The summed E-state index contributed by atoms with van der Waals surface area (Å²) in [4.78, 5) is 15.3. The Morgan fingerprint density at radius 2 is 1.92 bits per heavy atom. The highest BCUT2D eigenvalue weighted by molar-refractivity contribution is 6.30.